The van der Waals surface area contributed by atoms with Gasteiger partial charge < -0.3 is 20.9 Å². The summed E-state index contributed by atoms with van der Waals surface area (Å²) < 4.78 is 14.2. The fourth-order valence-electron chi connectivity index (χ4n) is 3.83. The molecule has 0 saturated carbocycles. The lowest BCUT2D eigenvalue weighted by atomic mass is 9.97. The van der Waals surface area contributed by atoms with Crippen molar-refractivity contribution in [1.82, 2.24) is 15.5 Å². The number of rotatable bonds is 5. The first-order valence-electron chi connectivity index (χ1n) is 9.81. The summed E-state index contributed by atoms with van der Waals surface area (Å²) in [5.41, 5.74) is 0.341. The summed E-state index contributed by atoms with van der Waals surface area (Å²) in [5, 5.41) is 8.71. The van der Waals surface area contributed by atoms with Crippen LogP contribution in [0.3, 0.4) is 0 Å². The third-order valence-electron chi connectivity index (χ3n) is 5.27. The topological polar surface area (TPSA) is 90.5 Å². The summed E-state index contributed by atoms with van der Waals surface area (Å²) in [4.78, 5) is 37.8. The number of hydrogen-bond acceptors (Lipinski definition) is 4. The molecule has 0 aliphatic carbocycles. The van der Waals surface area contributed by atoms with Crippen LogP contribution in [0, 0.1) is 11.7 Å². The minimum absolute atomic E-state index is 0.00926. The summed E-state index contributed by atoms with van der Waals surface area (Å²) in [6, 6.07) is 3.87. The maximum Gasteiger partial charge on any atom is 0.256 e. The first-order valence-corrected chi connectivity index (χ1v) is 9.81. The quantitative estimate of drug-likeness (QED) is 0.711. The minimum atomic E-state index is -0.609. The van der Waals surface area contributed by atoms with Gasteiger partial charge in [0.25, 0.3) is 5.91 Å². The predicted octanol–water partition coefficient (Wildman–Crippen LogP) is 1.50. The van der Waals surface area contributed by atoms with Gasteiger partial charge in [-0.25, -0.2) is 4.39 Å². The summed E-state index contributed by atoms with van der Waals surface area (Å²) >= 11 is 0. The van der Waals surface area contributed by atoms with Gasteiger partial charge in [0.1, 0.15) is 5.82 Å². The van der Waals surface area contributed by atoms with Gasteiger partial charge in [0.15, 0.2) is 0 Å². The van der Waals surface area contributed by atoms with E-state index in [-0.39, 0.29) is 29.3 Å². The van der Waals surface area contributed by atoms with E-state index < -0.39 is 11.7 Å². The van der Waals surface area contributed by atoms with E-state index in [9.17, 15) is 18.8 Å². The largest absolute Gasteiger partial charge is 0.354 e. The third-order valence-corrected chi connectivity index (χ3v) is 5.27. The van der Waals surface area contributed by atoms with Gasteiger partial charge in [-0.1, -0.05) is 0 Å². The molecule has 1 aromatic rings. The maximum absolute atomic E-state index is 14.2. The second-order valence-electron chi connectivity index (χ2n) is 7.53. The van der Waals surface area contributed by atoms with Crippen molar-refractivity contribution < 1.29 is 18.8 Å². The number of carbonyl (C=O) groups is 3. The molecule has 1 aromatic carbocycles. The van der Waals surface area contributed by atoms with E-state index in [1.54, 1.807) is 4.90 Å². The van der Waals surface area contributed by atoms with Crippen LogP contribution in [0.1, 0.15) is 43.0 Å². The smallest absolute Gasteiger partial charge is 0.256 e. The van der Waals surface area contributed by atoms with Crippen LogP contribution in [0.15, 0.2) is 18.2 Å². The molecule has 0 spiro atoms. The summed E-state index contributed by atoms with van der Waals surface area (Å²) in [7, 11) is 0. The van der Waals surface area contributed by atoms with Crippen molar-refractivity contribution in [2.24, 2.45) is 5.92 Å². The third kappa shape index (κ3) is 5.07. The van der Waals surface area contributed by atoms with Crippen LogP contribution in [0.4, 0.5) is 10.1 Å². The Morgan fingerprint density at radius 1 is 1.25 bits per heavy atom. The average molecular weight is 390 g/mol. The van der Waals surface area contributed by atoms with Crippen LogP contribution in [-0.4, -0.2) is 54.8 Å². The molecule has 2 unspecified atom stereocenters. The van der Waals surface area contributed by atoms with Crippen molar-refractivity contribution >= 4 is 23.4 Å². The zero-order chi connectivity index (χ0) is 20.1. The van der Waals surface area contributed by atoms with Crippen molar-refractivity contribution in [3.63, 3.8) is 0 Å². The van der Waals surface area contributed by atoms with E-state index in [0.29, 0.717) is 25.3 Å². The highest BCUT2D eigenvalue weighted by Gasteiger charge is 2.28. The van der Waals surface area contributed by atoms with E-state index >= 15 is 0 Å². The van der Waals surface area contributed by atoms with E-state index in [0.717, 1.165) is 32.2 Å². The van der Waals surface area contributed by atoms with Crippen molar-refractivity contribution in [3.8, 4) is 0 Å². The summed E-state index contributed by atoms with van der Waals surface area (Å²) in [6.45, 7) is 3.76. The molecule has 3 amide bonds. The Labute approximate surface area is 164 Å². The standard InChI is InChI=1S/C20H27FN4O3/c1-13(26)24-15-6-7-17(21)16(10-15)20(28)25-9-3-4-14(12-25)11-23-19(27)18-5-2-8-22-18/h6-7,10,14,18,22H,2-5,8-9,11-12H2,1H3,(H,23,27)(H,24,26). The Morgan fingerprint density at radius 3 is 2.79 bits per heavy atom. The Bertz CT molecular complexity index is 749. The molecule has 0 aromatic heterocycles. The van der Waals surface area contributed by atoms with Crippen molar-refractivity contribution in [2.75, 3.05) is 31.5 Å². The Morgan fingerprint density at radius 2 is 2.07 bits per heavy atom. The minimum Gasteiger partial charge on any atom is -0.354 e. The monoisotopic (exact) mass is 390 g/mol. The highest BCUT2D eigenvalue weighted by atomic mass is 19.1. The lowest BCUT2D eigenvalue weighted by Gasteiger charge is -2.33. The second kappa shape index (κ2) is 9.14. The molecule has 2 aliphatic heterocycles. The molecule has 2 heterocycles. The van der Waals surface area contributed by atoms with Crippen LogP contribution in [-0.2, 0) is 9.59 Å². The number of amides is 3. The number of carbonyl (C=O) groups excluding carboxylic acids is 3. The number of halogens is 1. The molecule has 152 valence electrons. The van der Waals surface area contributed by atoms with Gasteiger partial charge in [-0.05, 0) is 56.3 Å². The maximum atomic E-state index is 14.2. The van der Waals surface area contributed by atoms with E-state index in [1.165, 1.54) is 25.1 Å². The van der Waals surface area contributed by atoms with Gasteiger partial charge in [-0.3, -0.25) is 14.4 Å². The molecule has 3 N–H and O–H groups in total. The van der Waals surface area contributed by atoms with Crippen molar-refractivity contribution in [3.05, 3.63) is 29.6 Å². The molecule has 2 saturated heterocycles. The normalized spacial score (nSPS) is 22.0. The lowest BCUT2D eigenvalue weighted by Crippen LogP contribution is -2.46. The Kier molecular flexibility index (Phi) is 6.61. The fourth-order valence-corrected chi connectivity index (χ4v) is 3.83. The van der Waals surface area contributed by atoms with Gasteiger partial charge in [-0.15, -0.1) is 0 Å². The number of likely N-dealkylation sites (tertiary alicyclic amines) is 1. The molecular weight excluding hydrogens is 363 g/mol. The number of piperidine rings is 1. The SMILES string of the molecule is CC(=O)Nc1ccc(F)c(C(=O)N2CCCC(CNC(=O)C3CCCN3)C2)c1. The van der Waals surface area contributed by atoms with Gasteiger partial charge in [0.2, 0.25) is 11.8 Å². The van der Waals surface area contributed by atoms with Gasteiger partial charge >= 0.3 is 0 Å². The molecule has 8 heteroatoms. The van der Waals surface area contributed by atoms with Crippen molar-refractivity contribution in [1.29, 1.82) is 0 Å². The molecule has 2 aliphatic rings. The number of nitrogens with zero attached hydrogens (tertiary/aromatic N) is 1. The molecule has 0 radical (unpaired) electrons. The van der Waals surface area contributed by atoms with Crippen molar-refractivity contribution in [2.45, 2.75) is 38.6 Å². The van der Waals surface area contributed by atoms with Crippen LogP contribution >= 0.6 is 0 Å². The highest BCUT2D eigenvalue weighted by Crippen LogP contribution is 2.22. The molecule has 2 fully saturated rings. The predicted molar refractivity (Wildman–Crippen MR) is 103 cm³/mol. The zero-order valence-corrected chi connectivity index (χ0v) is 16.1. The molecule has 2 atom stereocenters. The van der Waals surface area contributed by atoms with E-state index in [1.807, 2.05) is 0 Å². The molecule has 7 nitrogen and oxygen atoms in total. The first-order chi connectivity index (χ1) is 13.4. The highest BCUT2D eigenvalue weighted by molar-refractivity contribution is 5.97. The molecule has 28 heavy (non-hydrogen) atoms. The Hall–Kier alpha value is -2.48. The van der Waals surface area contributed by atoms with Gasteiger partial charge in [0.05, 0.1) is 11.6 Å². The van der Waals surface area contributed by atoms with Gasteiger partial charge in [-0.2, -0.15) is 0 Å². The number of benzene rings is 1. The summed E-state index contributed by atoms with van der Waals surface area (Å²) in [6.07, 6.45) is 3.58. The van der Waals surface area contributed by atoms with Crippen LogP contribution in [0.2, 0.25) is 0 Å². The van der Waals surface area contributed by atoms with E-state index in [2.05, 4.69) is 16.0 Å². The van der Waals surface area contributed by atoms with Crippen LogP contribution < -0.4 is 16.0 Å². The number of nitrogens with one attached hydrogen (secondary N) is 3. The fraction of sp³-hybridized carbons (Fsp3) is 0.550. The Balaban J connectivity index is 1.59. The number of anilines is 1. The molecule has 0 bridgehead atoms. The van der Waals surface area contributed by atoms with Crippen LogP contribution in [0.25, 0.3) is 0 Å². The zero-order valence-electron chi connectivity index (χ0n) is 16.1. The van der Waals surface area contributed by atoms with Crippen LogP contribution in [0.5, 0.6) is 0 Å². The summed E-state index contributed by atoms with van der Waals surface area (Å²) in [5.74, 6) is -1.13. The van der Waals surface area contributed by atoms with E-state index in [4.69, 9.17) is 0 Å². The van der Waals surface area contributed by atoms with Gasteiger partial charge in [0, 0.05) is 32.2 Å². The molecular formula is C20H27FN4O3. The lowest BCUT2D eigenvalue weighted by molar-refractivity contribution is -0.123. The molecule has 3 rings (SSSR count). The number of hydrogen-bond donors (Lipinski definition) is 3. The average Bonchev–Trinajstić information content (AvgIpc) is 3.22. The first kappa shape index (κ1) is 20.3. The second-order valence-corrected chi connectivity index (χ2v) is 7.53.